The van der Waals surface area contributed by atoms with Gasteiger partial charge < -0.3 is 15.8 Å². The summed E-state index contributed by atoms with van der Waals surface area (Å²) in [6.07, 6.45) is 2.64. The monoisotopic (exact) mass is 320 g/mol. The zero-order chi connectivity index (χ0) is 16.1. The van der Waals surface area contributed by atoms with Gasteiger partial charge >= 0.3 is 0 Å². The highest BCUT2D eigenvalue weighted by Gasteiger charge is 2.43. The number of nitrogens with two attached hydrogens (primary N) is 1. The number of ether oxygens (including phenoxy) is 1. The van der Waals surface area contributed by atoms with Crippen molar-refractivity contribution in [2.45, 2.75) is 57.7 Å². The van der Waals surface area contributed by atoms with Crippen LogP contribution in [0.1, 0.15) is 39.3 Å². The normalized spacial score (nSPS) is 30.9. The van der Waals surface area contributed by atoms with Gasteiger partial charge in [0.2, 0.25) is 5.95 Å². The summed E-state index contributed by atoms with van der Waals surface area (Å²) >= 11 is 0. The summed E-state index contributed by atoms with van der Waals surface area (Å²) < 4.78 is 22.2. The summed E-state index contributed by atoms with van der Waals surface area (Å²) in [5.74, 6) is 0.601. The number of nitrogens with one attached hydrogen (secondary N) is 1. The van der Waals surface area contributed by atoms with E-state index in [0.717, 1.165) is 19.3 Å². The molecule has 3 N–H and O–H groups in total. The quantitative estimate of drug-likeness (QED) is 0.898. The van der Waals surface area contributed by atoms with Crippen LogP contribution in [0.2, 0.25) is 0 Å². The van der Waals surface area contributed by atoms with E-state index in [1.165, 1.54) is 0 Å². The van der Waals surface area contributed by atoms with Gasteiger partial charge in [0.15, 0.2) is 29.4 Å². The highest BCUT2D eigenvalue weighted by molar-refractivity contribution is 5.84. The Kier molecular flexibility index (Phi) is 3.37. The number of alkyl halides is 1. The Morgan fingerprint density at radius 3 is 2.87 bits per heavy atom. The van der Waals surface area contributed by atoms with E-state index in [0.29, 0.717) is 23.0 Å². The van der Waals surface area contributed by atoms with Crippen LogP contribution in [0.25, 0.3) is 11.2 Å². The lowest BCUT2D eigenvalue weighted by molar-refractivity contribution is -0.0186. The zero-order valence-electron chi connectivity index (χ0n) is 13.2. The third kappa shape index (κ3) is 2.41. The fraction of sp³-hybridized carbons (Fsp3) is 0.667. The molecule has 1 saturated heterocycles. The Morgan fingerprint density at radius 2 is 2.22 bits per heavy atom. The molecule has 2 fully saturated rings. The van der Waals surface area contributed by atoms with E-state index >= 15 is 0 Å². The van der Waals surface area contributed by atoms with Gasteiger partial charge in [-0.15, -0.1) is 0 Å². The van der Waals surface area contributed by atoms with Crippen LogP contribution >= 0.6 is 0 Å². The first-order valence-corrected chi connectivity index (χ1v) is 8.14. The Hall–Kier alpha value is -1.96. The predicted octanol–water partition coefficient (Wildman–Crippen LogP) is 2.26. The van der Waals surface area contributed by atoms with Gasteiger partial charge in [0.25, 0.3) is 0 Å². The Morgan fingerprint density at radius 1 is 1.43 bits per heavy atom. The average molecular weight is 320 g/mol. The second kappa shape index (κ2) is 5.30. The number of nitrogen functional groups attached to an aromatic ring is 1. The van der Waals surface area contributed by atoms with Crippen molar-refractivity contribution in [3.8, 4) is 0 Å². The van der Waals surface area contributed by atoms with Crippen molar-refractivity contribution in [3.63, 3.8) is 0 Å². The molecule has 1 aliphatic heterocycles. The molecule has 8 heteroatoms. The first-order valence-electron chi connectivity index (χ1n) is 8.14. The highest BCUT2D eigenvalue weighted by Crippen LogP contribution is 2.39. The van der Waals surface area contributed by atoms with Crippen molar-refractivity contribution < 1.29 is 9.13 Å². The first kappa shape index (κ1) is 14.6. The van der Waals surface area contributed by atoms with E-state index in [4.69, 9.17) is 10.5 Å². The molecule has 0 aromatic carbocycles. The lowest BCUT2D eigenvalue weighted by Crippen LogP contribution is -2.20. The molecule has 2 aromatic heterocycles. The average Bonchev–Trinajstić information content (AvgIpc) is 3.17. The Balaban J connectivity index is 1.74. The number of nitrogens with zero attached hydrogens (tertiary/aromatic N) is 4. The van der Waals surface area contributed by atoms with E-state index in [2.05, 4.69) is 20.3 Å². The van der Waals surface area contributed by atoms with Crippen LogP contribution in [0.5, 0.6) is 0 Å². The molecular weight excluding hydrogens is 299 g/mol. The van der Waals surface area contributed by atoms with Crippen LogP contribution < -0.4 is 11.1 Å². The summed E-state index contributed by atoms with van der Waals surface area (Å²) in [5.41, 5.74) is 6.94. The summed E-state index contributed by atoms with van der Waals surface area (Å²) in [7, 11) is 0. The number of anilines is 2. The smallest absolute Gasteiger partial charge is 0.224 e. The van der Waals surface area contributed by atoms with E-state index in [9.17, 15) is 4.39 Å². The molecule has 4 atom stereocenters. The van der Waals surface area contributed by atoms with Gasteiger partial charge in [0.1, 0.15) is 0 Å². The van der Waals surface area contributed by atoms with E-state index < -0.39 is 12.4 Å². The zero-order valence-corrected chi connectivity index (χ0v) is 13.2. The van der Waals surface area contributed by atoms with Crippen molar-refractivity contribution in [2.75, 3.05) is 11.1 Å². The number of hydrogen-bond acceptors (Lipinski definition) is 6. The maximum atomic E-state index is 14.7. The Bertz CT molecular complexity index is 730. The van der Waals surface area contributed by atoms with Crippen molar-refractivity contribution in [1.29, 1.82) is 0 Å². The van der Waals surface area contributed by atoms with Gasteiger partial charge in [-0.25, -0.2) is 9.37 Å². The lowest BCUT2D eigenvalue weighted by Gasteiger charge is -2.16. The number of hydrogen-bond donors (Lipinski definition) is 2. The molecule has 7 nitrogen and oxygen atoms in total. The van der Waals surface area contributed by atoms with Crippen LogP contribution in [0.4, 0.5) is 16.2 Å². The minimum atomic E-state index is -1.10. The van der Waals surface area contributed by atoms with E-state index in [1.807, 2.05) is 13.8 Å². The van der Waals surface area contributed by atoms with Crippen LogP contribution in [0, 0.1) is 5.92 Å². The number of imidazole rings is 1. The second-order valence-electron chi connectivity index (χ2n) is 6.45. The third-order valence-corrected chi connectivity index (χ3v) is 4.71. The molecule has 2 aliphatic rings. The minimum absolute atomic E-state index is 0.101. The molecular formula is C15H21FN6O. The number of rotatable bonds is 4. The van der Waals surface area contributed by atoms with Crippen LogP contribution in [0.3, 0.4) is 0 Å². The molecule has 3 heterocycles. The molecule has 2 aromatic rings. The van der Waals surface area contributed by atoms with Gasteiger partial charge in [0, 0.05) is 12.0 Å². The molecule has 124 valence electrons. The topological polar surface area (TPSA) is 90.9 Å². The molecule has 0 amide bonds. The van der Waals surface area contributed by atoms with Gasteiger partial charge in [0.05, 0.1) is 12.4 Å². The summed E-state index contributed by atoms with van der Waals surface area (Å²) in [6.45, 7) is 3.88. The number of fused-ring (bicyclic) bond motifs is 1. The third-order valence-electron chi connectivity index (χ3n) is 4.71. The maximum Gasteiger partial charge on any atom is 0.224 e. The molecule has 4 rings (SSSR count). The molecule has 0 spiro atoms. The van der Waals surface area contributed by atoms with Crippen LogP contribution in [0.15, 0.2) is 6.33 Å². The summed E-state index contributed by atoms with van der Waals surface area (Å²) in [5, 5.41) is 3.30. The Labute approximate surface area is 133 Å². The van der Waals surface area contributed by atoms with Crippen molar-refractivity contribution in [1.82, 2.24) is 19.5 Å². The van der Waals surface area contributed by atoms with Crippen molar-refractivity contribution in [2.24, 2.45) is 5.92 Å². The molecule has 1 saturated carbocycles. The van der Waals surface area contributed by atoms with Gasteiger partial charge in [-0.3, -0.25) is 4.57 Å². The van der Waals surface area contributed by atoms with Gasteiger partial charge in [-0.05, 0) is 19.3 Å². The number of halogens is 1. The van der Waals surface area contributed by atoms with Crippen LogP contribution in [-0.2, 0) is 4.74 Å². The van der Waals surface area contributed by atoms with Gasteiger partial charge in [-0.1, -0.05) is 13.8 Å². The van der Waals surface area contributed by atoms with Crippen molar-refractivity contribution >= 4 is 22.9 Å². The van der Waals surface area contributed by atoms with E-state index in [-0.39, 0.29) is 18.0 Å². The van der Waals surface area contributed by atoms with Gasteiger partial charge in [-0.2, -0.15) is 9.97 Å². The number of aromatic nitrogens is 4. The molecule has 0 unspecified atom stereocenters. The summed E-state index contributed by atoms with van der Waals surface area (Å²) in [4.78, 5) is 12.9. The van der Waals surface area contributed by atoms with Crippen LogP contribution in [-0.4, -0.2) is 37.8 Å². The molecule has 0 radical (unpaired) electrons. The largest absolute Gasteiger partial charge is 0.368 e. The fourth-order valence-electron chi connectivity index (χ4n) is 3.17. The maximum absolute atomic E-state index is 14.7. The lowest BCUT2D eigenvalue weighted by atomic mass is 10.00. The second-order valence-corrected chi connectivity index (χ2v) is 6.45. The first-order chi connectivity index (χ1) is 11.1. The molecule has 23 heavy (non-hydrogen) atoms. The standard InChI is InChI=1S/C15H21FN6O/c1-3-9-7(2)10(16)14(23-9)22-6-18-11-12(19-8-4-5-8)20-15(17)21-13(11)22/h6-10,14H,3-5H2,1-2H3,(H3,17,19,20,21)/t7-,9-,10-,14-/m1/s1. The molecule has 1 aliphatic carbocycles. The minimum Gasteiger partial charge on any atom is -0.368 e. The SMILES string of the molecule is CC[C@H]1O[C@@H](n2cnc3c(NC4CC4)nc(N)nc32)[C@H](F)[C@@H]1C. The predicted molar refractivity (Wildman–Crippen MR) is 84.6 cm³/mol. The summed E-state index contributed by atoms with van der Waals surface area (Å²) in [6, 6.07) is 0.416. The fourth-order valence-corrected chi connectivity index (χ4v) is 3.17. The van der Waals surface area contributed by atoms with E-state index in [1.54, 1.807) is 10.9 Å². The molecule has 0 bridgehead atoms. The van der Waals surface area contributed by atoms with Crippen molar-refractivity contribution in [3.05, 3.63) is 6.33 Å². The highest BCUT2D eigenvalue weighted by atomic mass is 19.1.